The van der Waals surface area contributed by atoms with E-state index in [0.29, 0.717) is 12.0 Å². The minimum Gasteiger partial charge on any atom is -0.361 e. The zero-order valence-electron chi connectivity index (χ0n) is 10.4. The molecule has 1 aromatic carbocycles. The van der Waals surface area contributed by atoms with Crippen LogP contribution >= 0.6 is 0 Å². The van der Waals surface area contributed by atoms with Crippen LogP contribution in [-0.4, -0.2) is 11.0 Å². The molecule has 3 N–H and O–H groups in total. The van der Waals surface area contributed by atoms with Crippen molar-refractivity contribution >= 4 is 10.9 Å². The lowest BCUT2D eigenvalue weighted by Crippen LogP contribution is -2.25. The van der Waals surface area contributed by atoms with E-state index in [-0.39, 0.29) is 0 Å². The Kier molecular flexibility index (Phi) is 2.67. The Balaban J connectivity index is 1.92. The fourth-order valence-corrected chi connectivity index (χ4v) is 3.06. The smallest absolute Gasteiger partial charge is 0.0456 e. The van der Waals surface area contributed by atoms with Crippen LogP contribution in [0.15, 0.2) is 24.4 Å². The zero-order valence-corrected chi connectivity index (χ0v) is 10.4. The van der Waals surface area contributed by atoms with Gasteiger partial charge in [-0.05, 0) is 49.8 Å². The topological polar surface area (TPSA) is 41.8 Å². The van der Waals surface area contributed by atoms with Crippen LogP contribution in [0.5, 0.6) is 0 Å². The first kappa shape index (κ1) is 10.8. The monoisotopic (exact) mass is 228 g/mol. The molecule has 1 saturated carbocycles. The van der Waals surface area contributed by atoms with Gasteiger partial charge in [0.25, 0.3) is 0 Å². The number of rotatable bonds is 2. The van der Waals surface area contributed by atoms with Crippen molar-refractivity contribution in [3.63, 3.8) is 0 Å². The summed E-state index contributed by atoms with van der Waals surface area (Å²) < 4.78 is 0. The van der Waals surface area contributed by atoms with Crippen molar-refractivity contribution in [1.82, 2.24) is 4.98 Å². The largest absolute Gasteiger partial charge is 0.361 e. The van der Waals surface area contributed by atoms with Crippen LogP contribution in [0.25, 0.3) is 10.9 Å². The van der Waals surface area contributed by atoms with Gasteiger partial charge in [0.1, 0.15) is 0 Å². The van der Waals surface area contributed by atoms with E-state index < -0.39 is 0 Å². The average Bonchev–Trinajstić information content (AvgIpc) is 2.88. The van der Waals surface area contributed by atoms with Gasteiger partial charge >= 0.3 is 0 Å². The standard InChI is InChI=1S/C15H20N2/c1-10-5-6-15-13(7-10)12(9-17-15)8-11-3-2-4-14(11)16/h5-7,9,11,14,17H,2-4,8,16H2,1H3. The van der Waals surface area contributed by atoms with Gasteiger partial charge in [0.2, 0.25) is 0 Å². The predicted octanol–water partition coefficient (Wildman–Crippen LogP) is 3.15. The highest BCUT2D eigenvalue weighted by Gasteiger charge is 2.24. The summed E-state index contributed by atoms with van der Waals surface area (Å²) in [5.41, 5.74) is 10.2. The first-order chi connectivity index (χ1) is 8.24. The Morgan fingerprint density at radius 3 is 3.00 bits per heavy atom. The number of aryl methyl sites for hydroxylation is 1. The van der Waals surface area contributed by atoms with Crippen molar-refractivity contribution in [1.29, 1.82) is 0 Å². The number of benzene rings is 1. The molecule has 0 spiro atoms. The lowest BCUT2D eigenvalue weighted by molar-refractivity contribution is 0.480. The molecule has 1 fully saturated rings. The van der Waals surface area contributed by atoms with Gasteiger partial charge in [0.05, 0.1) is 0 Å². The fraction of sp³-hybridized carbons (Fsp3) is 0.467. The maximum absolute atomic E-state index is 6.16. The Morgan fingerprint density at radius 2 is 2.24 bits per heavy atom. The number of nitrogens with one attached hydrogen (secondary N) is 1. The maximum atomic E-state index is 6.16. The fourth-order valence-electron chi connectivity index (χ4n) is 3.06. The van der Waals surface area contributed by atoms with Crippen LogP contribution in [0.3, 0.4) is 0 Å². The molecule has 17 heavy (non-hydrogen) atoms. The molecule has 2 nitrogen and oxygen atoms in total. The Bertz CT molecular complexity index is 527. The second-order valence-electron chi connectivity index (χ2n) is 5.42. The second kappa shape index (κ2) is 4.19. The number of hydrogen-bond acceptors (Lipinski definition) is 1. The van der Waals surface area contributed by atoms with E-state index in [4.69, 9.17) is 5.73 Å². The third-order valence-electron chi connectivity index (χ3n) is 4.12. The summed E-state index contributed by atoms with van der Waals surface area (Å²) in [5, 5.41) is 1.38. The van der Waals surface area contributed by atoms with Crippen LogP contribution in [0, 0.1) is 12.8 Å². The van der Waals surface area contributed by atoms with Crippen molar-refractivity contribution < 1.29 is 0 Å². The SMILES string of the molecule is Cc1ccc2[nH]cc(CC3CCCC3N)c2c1. The highest BCUT2D eigenvalue weighted by atomic mass is 14.7. The van der Waals surface area contributed by atoms with Crippen LogP contribution in [-0.2, 0) is 6.42 Å². The van der Waals surface area contributed by atoms with Crippen molar-refractivity contribution in [2.75, 3.05) is 0 Å². The van der Waals surface area contributed by atoms with Crippen molar-refractivity contribution in [2.45, 2.75) is 38.6 Å². The van der Waals surface area contributed by atoms with Gasteiger partial charge in [0, 0.05) is 23.1 Å². The van der Waals surface area contributed by atoms with Gasteiger partial charge in [-0.15, -0.1) is 0 Å². The molecular weight excluding hydrogens is 208 g/mol. The lowest BCUT2D eigenvalue weighted by atomic mass is 9.94. The summed E-state index contributed by atoms with van der Waals surface area (Å²) in [6.07, 6.45) is 7.08. The summed E-state index contributed by atoms with van der Waals surface area (Å²) in [7, 11) is 0. The van der Waals surface area contributed by atoms with Gasteiger partial charge in [0.15, 0.2) is 0 Å². The van der Waals surface area contributed by atoms with Crippen molar-refractivity contribution in [2.24, 2.45) is 11.7 Å². The number of nitrogens with two attached hydrogens (primary N) is 1. The van der Waals surface area contributed by atoms with E-state index in [1.807, 2.05) is 0 Å². The second-order valence-corrected chi connectivity index (χ2v) is 5.42. The van der Waals surface area contributed by atoms with Crippen LogP contribution in [0.2, 0.25) is 0 Å². The van der Waals surface area contributed by atoms with Gasteiger partial charge in [-0.25, -0.2) is 0 Å². The minimum absolute atomic E-state index is 0.407. The predicted molar refractivity (Wildman–Crippen MR) is 72.1 cm³/mol. The molecule has 0 bridgehead atoms. The van der Waals surface area contributed by atoms with Gasteiger partial charge in [-0.3, -0.25) is 0 Å². The molecule has 3 rings (SSSR count). The van der Waals surface area contributed by atoms with Gasteiger partial charge in [-0.2, -0.15) is 0 Å². The molecule has 2 heteroatoms. The van der Waals surface area contributed by atoms with E-state index in [1.165, 1.54) is 41.3 Å². The first-order valence-corrected chi connectivity index (χ1v) is 6.56. The number of aromatic amines is 1. The lowest BCUT2D eigenvalue weighted by Gasteiger charge is -2.14. The number of aromatic nitrogens is 1. The number of H-pyrrole nitrogens is 1. The maximum Gasteiger partial charge on any atom is 0.0456 e. The third kappa shape index (κ3) is 1.98. The molecule has 2 aromatic rings. The van der Waals surface area contributed by atoms with E-state index in [1.54, 1.807) is 0 Å². The Morgan fingerprint density at radius 1 is 1.35 bits per heavy atom. The molecule has 1 aromatic heterocycles. The van der Waals surface area contributed by atoms with Gasteiger partial charge in [-0.1, -0.05) is 18.1 Å². The third-order valence-corrected chi connectivity index (χ3v) is 4.12. The summed E-state index contributed by atoms with van der Waals surface area (Å²) in [4.78, 5) is 3.36. The molecule has 2 unspecified atom stereocenters. The zero-order chi connectivity index (χ0) is 11.8. The minimum atomic E-state index is 0.407. The first-order valence-electron chi connectivity index (χ1n) is 6.56. The molecule has 0 saturated heterocycles. The molecule has 0 amide bonds. The molecule has 2 atom stereocenters. The molecule has 1 heterocycles. The molecule has 1 aliphatic carbocycles. The van der Waals surface area contributed by atoms with Crippen molar-refractivity contribution in [3.8, 4) is 0 Å². The number of fused-ring (bicyclic) bond motifs is 1. The van der Waals surface area contributed by atoms with Gasteiger partial charge < -0.3 is 10.7 Å². The average molecular weight is 228 g/mol. The van der Waals surface area contributed by atoms with E-state index in [0.717, 1.165) is 6.42 Å². The van der Waals surface area contributed by atoms with Crippen molar-refractivity contribution in [3.05, 3.63) is 35.5 Å². The van der Waals surface area contributed by atoms with E-state index >= 15 is 0 Å². The Labute approximate surface area is 102 Å². The van der Waals surface area contributed by atoms with Crippen LogP contribution in [0.4, 0.5) is 0 Å². The van der Waals surface area contributed by atoms with Crippen LogP contribution in [0.1, 0.15) is 30.4 Å². The summed E-state index contributed by atoms with van der Waals surface area (Å²) >= 11 is 0. The highest BCUT2D eigenvalue weighted by Crippen LogP contribution is 2.30. The highest BCUT2D eigenvalue weighted by molar-refractivity contribution is 5.83. The molecule has 0 aliphatic heterocycles. The number of hydrogen-bond donors (Lipinski definition) is 2. The molecular formula is C15H20N2. The summed E-state index contributed by atoms with van der Waals surface area (Å²) in [5.74, 6) is 0.675. The summed E-state index contributed by atoms with van der Waals surface area (Å²) in [6, 6.07) is 7.01. The quantitative estimate of drug-likeness (QED) is 0.814. The Hall–Kier alpha value is -1.28. The van der Waals surface area contributed by atoms with Crippen LogP contribution < -0.4 is 5.73 Å². The molecule has 1 aliphatic rings. The normalized spacial score (nSPS) is 24.6. The van der Waals surface area contributed by atoms with E-state index in [9.17, 15) is 0 Å². The summed E-state index contributed by atoms with van der Waals surface area (Å²) in [6.45, 7) is 2.15. The molecule has 90 valence electrons. The van der Waals surface area contributed by atoms with E-state index in [2.05, 4.69) is 36.3 Å². The molecule has 0 radical (unpaired) electrons.